The van der Waals surface area contributed by atoms with Crippen LogP contribution in [-0.2, 0) is 4.65 Å². The maximum Gasteiger partial charge on any atom is 0.132 e. The van der Waals surface area contributed by atoms with Gasteiger partial charge in [0.1, 0.15) is 7.32 Å². The molecule has 0 radical (unpaired) electrons. The summed E-state index contributed by atoms with van der Waals surface area (Å²) in [6.07, 6.45) is 0.824. The molecule has 0 atom stereocenters. The molecule has 0 bridgehead atoms. The van der Waals surface area contributed by atoms with Gasteiger partial charge in [-0.2, -0.15) is 0 Å². The van der Waals surface area contributed by atoms with Crippen molar-refractivity contribution < 1.29 is 14.7 Å². The zero-order valence-electron chi connectivity index (χ0n) is 3.09. The number of hydrogen-bond donors (Lipinski definition) is 0. The highest BCUT2D eigenvalue weighted by Crippen LogP contribution is 1.61. The third kappa shape index (κ3) is 3.52. The Labute approximate surface area is 36.0 Å². The predicted molar refractivity (Wildman–Crippen MR) is 17.0 cm³/mol. The Bertz CT molecular complexity index is 44.1. The van der Waals surface area contributed by atoms with Gasteiger partial charge >= 0.3 is 0 Å². The lowest BCUT2D eigenvalue weighted by Gasteiger charge is -2.22. The van der Waals surface area contributed by atoms with Crippen LogP contribution in [-0.4, -0.2) is 7.32 Å². The van der Waals surface area contributed by atoms with Gasteiger partial charge in [-0.3, -0.25) is 0 Å². The summed E-state index contributed by atoms with van der Waals surface area (Å²) in [5.41, 5.74) is 0. The summed E-state index contributed by atoms with van der Waals surface area (Å²) in [6, 6.07) is 0. The molecule has 0 saturated heterocycles. The van der Waals surface area contributed by atoms with E-state index in [1.165, 1.54) is 0 Å². The van der Waals surface area contributed by atoms with Gasteiger partial charge in [0.25, 0.3) is 0 Å². The summed E-state index contributed by atoms with van der Waals surface area (Å²) in [5.74, 6) is 0. The Morgan fingerprint density at radius 3 is 2.17 bits per heavy atom. The van der Waals surface area contributed by atoms with Crippen LogP contribution in [0.15, 0.2) is 12.8 Å². The van der Waals surface area contributed by atoms with Crippen molar-refractivity contribution in [2.75, 3.05) is 0 Å². The first kappa shape index (κ1) is 5.52. The molecule has 0 aliphatic carbocycles. The fraction of sp³-hybridized carbons (Fsp3) is 0. The summed E-state index contributed by atoms with van der Waals surface area (Å²) in [5, 5.41) is 18.6. The van der Waals surface area contributed by atoms with Gasteiger partial charge in [0.05, 0.1) is 0 Å². The molecule has 34 valence electrons. The normalized spacial score (nSPS) is 7.00. The smallest absolute Gasteiger partial charge is 0.132 e. The molecule has 4 heteroatoms. The molecule has 0 unspecified atom stereocenters. The van der Waals surface area contributed by atoms with Crippen molar-refractivity contribution in [1.82, 2.24) is 0 Å². The van der Waals surface area contributed by atoms with Crippen molar-refractivity contribution in [2.24, 2.45) is 0 Å². The second-order valence-corrected chi connectivity index (χ2v) is 0.591. The molecule has 0 N–H and O–H groups in total. The lowest BCUT2D eigenvalue weighted by atomic mass is 10.3. The van der Waals surface area contributed by atoms with E-state index in [-0.39, 0.29) is 0 Å². The molecule has 0 spiro atoms. The van der Waals surface area contributed by atoms with E-state index >= 15 is 0 Å². The second-order valence-electron chi connectivity index (χ2n) is 0.591. The molecule has 6 heavy (non-hydrogen) atoms. The SMILES string of the molecule is C=COB([O-])[O-]. The molecule has 0 heterocycles. The molecule has 0 aromatic heterocycles. The van der Waals surface area contributed by atoms with Crippen molar-refractivity contribution >= 4 is 7.32 Å². The minimum Gasteiger partial charge on any atom is -0.860 e. The highest BCUT2D eigenvalue weighted by Gasteiger charge is 1.63. The van der Waals surface area contributed by atoms with Crippen molar-refractivity contribution in [2.45, 2.75) is 0 Å². The Morgan fingerprint density at radius 2 is 2.17 bits per heavy atom. The van der Waals surface area contributed by atoms with Gasteiger partial charge in [0, 0.05) is 6.26 Å². The summed E-state index contributed by atoms with van der Waals surface area (Å²) < 4.78 is 3.69. The maximum atomic E-state index is 9.28. The molecule has 0 aromatic carbocycles. The lowest BCUT2D eigenvalue weighted by molar-refractivity contribution is -0.376. The van der Waals surface area contributed by atoms with Gasteiger partial charge in [-0.05, 0) is 0 Å². The van der Waals surface area contributed by atoms with Crippen LogP contribution in [0, 0.1) is 0 Å². The Morgan fingerprint density at radius 1 is 1.67 bits per heavy atom. The summed E-state index contributed by atoms with van der Waals surface area (Å²) >= 11 is 0. The van der Waals surface area contributed by atoms with Crippen LogP contribution in [0.5, 0.6) is 0 Å². The van der Waals surface area contributed by atoms with Crippen molar-refractivity contribution in [3.63, 3.8) is 0 Å². The van der Waals surface area contributed by atoms with Gasteiger partial charge in [-0.15, -0.1) is 0 Å². The predicted octanol–water partition coefficient (Wildman–Crippen LogP) is -2.15. The fourth-order valence-electron chi connectivity index (χ4n) is 0.0786. The highest BCUT2D eigenvalue weighted by molar-refractivity contribution is 6.28. The van der Waals surface area contributed by atoms with Crippen LogP contribution >= 0.6 is 0 Å². The van der Waals surface area contributed by atoms with E-state index in [2.05, 4.69) is 11.2 Å². The summed E-state index contributed by atoms with van der Waals surface area (Å²) in [7, 11) is -2.22. The van der Waals surface area contributed by atoms with Crippen molar-refractivity contribution in [3.05, 3.63) is 12.8 Å². The van der Waals surface area contributed by atoms with Crippen LogP contribution in [0.2, 0.25) is 0 Å². The molecule has 0 aliphatic heterocycles. The topological polar surface area (TPSA) is 55.3 Å². The minimum absolute atomic E-state index is 0.824. The van der Waals surface area contributed by atoms with E-state index in [0.29, 0.717) is 0 Å². The van der Waals surface area contributed by atoms with Crippen molar-refractivity contribution in [1.29, 1.82) is 0 Å². The Kier molecular flexibility index (Phi) is 2.53. The van der Waals surface area contributed by atoms with E-state index in [0.717, 1.165) is 6.26 Å². The van der Waals surface area contributed by atoms with E-state index in [4.69, 9.17) is 0 Å². The first-order chi connectivity index (χ1) is 2.77. The first-order valence-electron chi connectivity index (χ1n) is 1.35. The van der Waals surface area contributed by atoms with Crippen LogP contribution in [0.3, 0.4) is 0 Å². The monoisotopic (exact) mass is 86.0 g/mol. The van der Waals surface area contributed by atoms with Crippen molar-refractivity contribution in [3.8, 4) is 0 Å². The number of rotatable bonds is 2. The maximum absolute atomic E-state index is 9.28. The quantitative estimate of drug-likeness (QED) is 0.284. The van der Waals surface area contributed by atoms with E-state index < -0.39 is 7.32 Å². The average molecular weight is 85.9 g/mol. The first-order valence-corrected chi connectivity index (χ1v) is 1.35. The van der Waals surface area contributed by atoms with E-state index in [9.17, 15) is 10.0 Å². The number of hydrogen-bond acceptors (Lipinski definition) is 3. The largest absolute Gasteiger partial charge is 0.860 e. The molecule has 0 aromatic rings. The van der Waals surface area contributed by atoms with E-state index in [1.807, 2.05) is 0 Å². The van der Waals surface area contributed by atoms with Gasteiger partial charge in [0.15, 0.2) is 0 Å². The van der Waals surface area contributed by atoms with Crippen LogP contribution in [0.1, 0.15) is 0 Å². The molecule has 3 nitrogen and oxygen atoms in total. The second kappa shape index (κ2) is 2.75. The van der Waals surface area contributed by atoms with Gasteiger partial charge in [0.2, 0.25) is 0 Å². The van der Waals surface area contributed by atoms with E-state index in [1.54, 1.807) is 0 Å². The zero-order chi connectivity index (χ0) is 4.99. The van der Waals surface area contributed by atoms with Gasteiger partial charge in [-0.25, -0.2) is 0 Å². The molecule has 0 saturated carbocycles. The third-order valence-electron chi connectivity index (χ3n) is 0.207. The Balaban J connectivity index is 2.81. The third-order valence-corrected chi connectivity index (χ3v) is 0.207. The van der Waals surface area contributed by atoms with Crippen LogP contribution in [0.4, 0.5) is 0 Å². The molecular formula is C2H3BO3-2. The standard InChI is InChI=1S/C2H3BO3/c1-2-6-3(4)5/h2H,1H2/q-2. The summed E-state index contributed by atoms with van der Waals surface area (Å²) in [4.78, 5) is 0. The van der Waals surface area contributed by atoms with Crippen LogP contribution < -0.4 is 10.0 Å². The zero-order valence-corrected chi connectivity index (χ0v) is 3.09. The highest BCUT2D eigenvalue weighted by atomic mass is 16.6. The molecule has 0 fully saturated rings. The van der Waals surface area contributed by atoms with Gasteiger partial charge < -0.3 is 14.7 Å². The molecule has 0 amide bonds. The lowest BCUT2D eigenvalue weighted by Crippen LogP contribution is -2.46. The molecule has 0 aliphatic rings. The molecule has 0 rings (SSSR count). The average Bonchev–Trinajstić information content (AvgIpc) is 1.35. The Hall–Kier alpha value is -0.475. The van der Waals surface area contributed by atoms with Crippen LogP contribution in [0.25, 0.3) is 0 Å². The molecular weight excluding hydrogens is 82.8 g/mol. The van der Waals surface area contributed by atoms with Gasteiger partial charge in [-0.1, -0.05) is 6.58 Å². The fourth-order valence-corrected chi connectivity index (χ4v) is 0.0786. The summed E-state index contributed by atoms with van der Waals surface area (Å²) in [6.45, 7) is 2.98. The minimum atomic E-state index is -2.22.